The summed E-state index contributed by atoms with van der Waals surface area (Å²) in [7, 11) is 0. The summed E-state index contributed by atoms with van der Waals surface area (Å²) in [5, 5.41) is 14.3. The van der Waals surface area contributed by atoms with Gasteiger partial charge in [0, 0.05) is 6.04 Å². The fourth-order valence-corrected chi connectivity index (χ4v) is 2.04. The molecule has 0 heterocycles. The zero-order valence-electron chi connectivity index (χ0n) is 12.2. The molecule has 0 saturated heterocycles. The van der Waals surface area contributed by atoms with Crippen LogP contribution in [-0.4, -0.2) is 41.2 Å². The van der Waals surface area contributed by atoms with Gasteiger partial charge in [0.2, 0.25) is 0 Å². The molecule has 0 saturated carbocycles. The van der Waals surface area contributed by atoms with Crippen LogP contribution >= 0.6 is 11.8 Å². The van der Waals surface area contributed by atoms with Gasteiger partial charge in [0.1, 0.15) is 6.04 Å². The third kappa shape index (κ3) is 9.64. The van der Waals surface area contributed by atoms with E-state index >= 15 is 0 Å². The molecule has 0 aliphatic heterocycles. The molecule has 19 heavy (non-hydrogen) atoms. The standard InChI is InChI=1S/C13H26N2O3S/c1-9(2)5-6-10(3)14-13(18)15-11(12(16)17)7-8-19-4/h9-11H,5-8H2,1-4H3,(H,16,17)(H2,14,15,18)/t10?,11-/m0/s1. The van der Waals surface area contributed by atoms with Crippen LogP contribution in [0.2, 0.25) is 0 Å². The third-order valence-electron chi connectivity index (χ3n) is 2.77. The van der Waals surface area contributed by atoms with Crippen molar-refractivity contribution < 1.29 is 14.7 Å². The lowest BCUT2D eigenvalue weighted by Gasteiger charge is -2.18. The van der Waals surface area contributed by atoms with Crippen LogP contribution in [-0.2, 0) is 4.79 Å². The number of hydrogen-bond acceptors (Lipinski definition) is 3. The van der Waals surface area contributed by atoms with Gasteiger partial charge in [0.15, 0.2) is 0 Å². The van der Waals surface area contributed by atoms with Crippen molar-refractivity contribution >= 4 is 23.8 Å². The number of amides is 2. The van der Waals surface area contributed by atoms with E-state index in [9.17, 15) is 9.59 Å². The Morgan fingerprint density at radius 2 is 1.74 bits per heavy atom. The molecule has 0 aromatic carbocycles. The summed E-state index contributed by atoms with van der Waals surface area (Å²) in [4.78, 5) is 22.7. The van der Waals surface area contributed by atoms with E-state index in [2.05, 4.69) is 24.5 Å². The molecule has 2 amide bonds. The molecule has 5 nitrogen and oxygen atoms in total. The van der Waals surface area contributed by atoms with Gasteiger partial charge in [0.05, 0.1) is 0 Å². The molecule has 0 fully saturated rings. The maximum absolute atomic E-state index is 11.7. The van der Waals surface area contributed by atoms with E-state index in [1.807, 2.05) is 13.2 Å². The van der Waals surface area contributed by atoms with Gasteiger partial charge in [-0.1, -0.05) is 13.8 Å². The quantitative estimate of drug-likeness (QED) is 0.609. The second-order valence-electron chi connectivity index (χ2n) is 5.16. The predicted octanol–water partition coefficient (Wildman–Crippen LogP) is 2.32. The monoisotopic (exact) mass is 290 g/mol. The summed E-state index contributed by atoms with van der Waals surface area (Å²) in [6, 6.07) is -1.16. The lowest BCUT2D eigenvalue weighted by Crippen LogP contribution is -2.48. The topological polar surface area (TPSA) is 78.4 Å². The average Bonchev–Trinajstić information content (AvgIpc) is 2.31. The van der Waals surface area contributed by atoms with Crippen molar-refractivity contribution in [3.05, 3.63) is 0 Å². The van der Waals surface area contributed by atoms with Gasteiger partial charge in [-0.3, -0.25) is 0 Å². The lowest BCUT2D eigenvalue weighted by atomic mass is 10.0. The number of rotatable bonds is 9. The highest BCUT2D eigenvalue weighted by atomic mass is 32.2. The molecule has 1 unspecified atom stereocenters. The molecule has 2 atom stereocenters. The summed E-state index contributed by atoms with van der Waals surface area (Å²) in [5.41, 5.74) is 0. The molecule has 0 aromatic rings. The maximum Gasteiger partial charge on any atom is 0.326 e. The van der Waals surface area contributed by atoms with Gasteiger partial charge in [-0.2, -0.15) is 11.8 Å². The van der Waals surface area contributed by atoms with Crippen LogP contribution in [0.15, 0.2) is 0 Å². The minimum Gasteiger partial charge on any atom is -0.480 e. The zero-order valence-corrected chi connectivity index (χ0v) is 13.0. The summed E-state index contributed by atoms with van der Waals surface area (Å²) >= 11 is 1.56. The fourth-order valence-electron chi connectivity index (χ4n) is 1.57. The summed E-state index contributed by atoms with van der Waals surface area (Å²) in [6.07, 6.45) is 4.28. The summed E-state index contributed by atoms with van der Waals surface area (Å²) < 4.78 is 0. The first-order valence-corrected chi connectivity index (χ1v) is 8.05. The summed E-state index contributed by atoms with van der Waals surface area (Å²) in [5.74, 6) is 0.319. The zero-order chi connectivity index (χ0) is 14.8. The molecule has 0 aliphatic carbocycles. The number of aliphatic carboxylic acids is 1. The lowest BCUT2D eigenvalue weighted by molar-refractivity contribution is -0.139. The number of urea groups is 1. The maximum atomic E-state index is 11.7. The van der Waals surface area contributed by atoms with Crippen LogP contribution in [0, 0.1) is 5.92 Å². The first-order valence-electron chi connectivity index (χ1n) is 6.65. The van der Waals surface area contributed by atoms with E-state index in [1.54, 1.807) is 11.8 Å². The largest absolute Gasteiger partial charge is 0.480 e. The number of carboxylic acids is 1. The number of hydrogen-bond donors (Lipinski definition) is 3. The molecule has 3 N–H and O–H groups in total. The van der Waals surface area contributed by atoms with Crippen LogP contribution in [0.25, 0.3) is 0 Å². The van der Waals surface area contributed by atoms with Gasteiger partial charge in [0.25, 0.3) is 0 Å². The third-order valence-corrected chi connectivity index (χ3v) is 3.41. The van der Waals surface area contributed by atoms with Gasteiger partial charge >= 0.3 is 12.0 Å². The molecule has 112 valence electrons. The van der Waals surface area contributed by atoms with Crippen molar-refractivity contribution in [3.8, 4) is 0 Å². The highest BCUT2D eigenvalue weighted by molar-refractivity contribution is 7.98. The van der Waals surface area contributed by atoms with Crippen molar-refractivity contribution in [1.29, 1.82) is 0 Å². The van der Waals surface area contributed by atoms with Crippen molar-refractivity contribution in [2.24, 2.45) is 5.92 Å². The van der Waals surface area contributed by atoms with Gasteiger partial charge in [-0.05, 0) is 44.1 Å². The predicted molar refractivity (Wildman–Crippen MR) is 79.6 cm³/mol. The normalized spacial score (nSPS) is 13.9. The number of carboxylic acid groups (broad SMARTS) is 1. The van der Waals surface area contributed by atoms with Gasteiger partial charge in [-0.25, -0.2) is 9.59 Å². The molecule has 6 heteroatoms. The Hall–Kier alpha value is -0.910. The van der Waals surface area contributed by atoms with Gasteiger partial charge in [-0.15, -0.1) is 0 Å². The molecular formula is C13H26N2O3S. The molecular weight excluding hydrogens is 264 g/mol. The smallest absolute Gasteiger partial charge is 0.326 e. The molecule has 0 radical (unpaired) electrons. The van der Waals surface area contributed by atoms with Crippen LogP contribution in [0.1, 0.15) is 40.0 Å². The van der Waals surface area contributed by atoms with E-state index in [-0.39, 0.29) is 6.04 Å². The molecule has 0 bridgehead atoms. The highest BCUT2D eigenvalue weighted by Crippen LogP contribution is 2.06. The van der Waals surface area contributed by atoms with Crippen LogP contribution in [0.3, 0.4) is 0 Å². The Bertz CT molecular complexity index is 285. The molecule has 0 aliphatic rings. The molecule has 0 rings (SSSR count). The number of carbonyl (C=O) groups excluding carboxylic acids is 1. The van der Waals surface area contributed by atoms with E-state index < -0.39 is 18.0 Å². The van der Waals surface area contributed by atoms with E-state index in [0.717, 1.165) is 12.8 Å². The Kier molecular flexibility index (Phi) is 9.47. The van der Waals surface area contributed by atoms with E-state index in [1.165, 1.54) is 0 Å². The summed E-state index contributed by atoms with van der Waals surface area (Å²) in [6.45, 7) is 6.20. The second kappa shape index (κ2) is 9.95. The van der Waals surface area contributed by atoms with Crippen molar-refractivity contribution in [3.63, 3.8) is 0 Å². The Morgan fingerprint density at radius 3 is 2.21 bits per heavy atom. The van der Waals surface area contributed by atoms with Crippen LogP contribution < -0.4 is 10.6 Å². The fraction of sp³-hybridized carbons (Fsp3) is 0.846. The SMILES string of the molecule is CSCC[C@H](NC(=O)NC(C)CCC(C)C)C(=O)O. The van der Waals surface area contributed by atoms with Crippen molar-refractivity contribution in [1.82, 2.24) is 10.6 Å². The number of carbonyl (C=O) groups is 2. The van der Waals surface area contributed by atoms with Gasteiger partial charge < -0.3 is 15.7 Å². The number of thioether (sulfide) groups is 1. The molecule has 0 aromatic heterocycles. The first kappa shape index (κ1) is 18.1. The Labute approximate surface area is 119 Å². The minimum atomic E-state index is -0.987. The van der Waals surface area contributed by atoms with Crippen molar-refractivity contribution in [2.45, 2.75) is 52.1 Å². The Balaban J connectivity index is 4.07. The molecule has 0 spiro atoms. The first-order chi connectivity index (χ1) is 8.86. The van der Waals surface area contributed by atoms with E-state index in [4.69, 9.17) is 5.11 Å². The van der Waals surface area contributed by atoms with Crippen LogP contribution in [0.4, 0.5) is 4.79 Å². The Morgan fingerprint density at radius 1 is 1.11 bits per heavy atom. The van der Waals surface area contributed by atoms with E-state index in [0.29, 0.717) is 18.1 Å². The average molecular weight is 290 g/mol. The van der Waals surface area contributed by atoms with Crippen LogP contribution in [0.5, 0.6) is 0 Å². The van der Waals surface area contributed by atoms with Crippen molar-refractivity contribution in [2.75, 3.05) is 12.0 Å². The second-order valence-corrected chi connectivity index (χ2v) is 6.15. The highest BCUT2D eigenvalue weighted by Gasteiger charge is 2.19. The number of nitrogens with one attached hydrogen (secondary N) is 2. The minimum absolute atomic E-state index is 0.0531.